The van der Waals surface area contributed by atoms with E-state index < -0.39 is 10.0 Å². The summed E-state index contributed by atoms with van der Waals surface area (Å²) in [6, 6.07) is 7.13. The molecule has 0 amide bonds. The number of nitrogens with one attached hydrogen (secondary N) is 2. The molecule has 0 saturated heterocycles. The molecule has 1 atom stereocenters. The molecule has 0 bridgehead atoms. The van der Waals surface area contributed by atoms with Crippen LogP contribution in [0.2, 0.25) is 0 Å². The fraction of sp³-hybridized carbons (Fsp3) is 0.571. The standard InChI is InChI=1S/C14H25N3O2S/c1-5-10-15-13-8-6-7-9-14(13)20(18,19)16-11-12(2)17(3)4/h6-9,12,15-16H,5,10-11H2,1-4H3. The molecular weight excluding hydrogens is 274 g/mol. The van der Waals surface area contributed by atoms with E-state index >= 15 is 0 Å². The molecule has 114 valence electrons. The number of anilines is 1. The third kappa shape index (κ3) is 4.77. The van der Waals surface area contributed by atoms with Gasteiger partial charge in [0.1, 0.15) is 4.90 Å². The monoisotopic (exact) mass is 299 g/mol. The quantitative estimate of drug-likeness (QED) is 0.767. The highest BCUT2D eigenvalue weighted by atomic mass is 32.2. The lowest BCUT2D eigenvalue weighted by Crippen LogP contribution is -2.38. The minimum absolute atomic E-state index is 0.139. The number of hydrogen-bond acceptors (Lipinski definition) is 4. The van der Waals surface area contributed by atoms with Crippen LogP contribution in [0, 0.1) is 0 Å². The number of sulfonamides is 1. The molecule has 1 aromatic carbocycles. The highest BCUT2D eigenvalue weighted by molar-refractivity contribution is 7.89. The van der Waals surface area contributed by atoms with E-state index in [1.165, 1.54) is 0 Å². The van der Waals surface area contributed by atoms with E-state index in [1.807, 2.05) is 38.9 Å². The molecule has 0 aliphatic heterocycles. The van der Waals surface area contributed by atoms with E-state index in [9.17, 15) is 8.42 Å². The molecule has 0 aliphatic carbocycles. The number of likely N-dealkylation sites (N-methyl/N-ethyl adjacent to an activating group) is 1. The Balaban J connectivity index is 2.86. The Morgan fingerprint density at radius 3 is 2.50 bits per heavy atom. The highest BCUT2D eigenvalue weighted by Gasteiger charge is 2.19. The Labute approximate surface area is 122 Å². The zero-order chi connectivity index (χ0) is 15.2. The smallest absolute Gasteiger partial charge is 0.242 e. The molecule has 0 fully saturated rings. The molecule has 0 heterocycles. The number of rotatable bonds is 8. The maximum Gasteiger partial charge on any atom is 0.242 e. The van der Waals surface area contributed by atoms with Crippen LogP contribution in [0.25, 0.3) is 0 Å². The van der Waals surface area contributed by atoms with E-state index in [-0.39, 0.29) is 6.04 Å². The molecular formula is C14H25N3O2S. The molecule has 0 radical (unpaired) electrons. The van der Waals surface area contributed by atoms with Crippen molar-refractivity contribution in [2.24, 2.45) is 0 Å². The van der Waals surface area contributed by atoms with Crippen LogP contribution in [0.4, 0.5) is 5.69 Å². The van der Waals surface area contributed by atoms with Gasteiger partial charge in [-0.05, 0) is 39.6 Å². The van der Waals surface area contributed by atoms with Gasteiger partial charge in [0.25, 0.3) is 0 Å². The predicted molar refractivity (Wildman–Crippen MR) is 83.6 cm³/mol. The van der Waals surface area contributed by atoms with Crippen LogP contribution in [-0.4, -0.2) is 46.5 Å². The summed E-state index contributed by atoms with van der Waals surface area (Å²) >= 11 is 0. The Kier molecular flexibility index (Phi) is 6.45. The zero-order valence-electron chi connectivity index (χ0n) is 12.7. The fourth-order valence-electron chi connectivity index (χ4n) is 1.60. The van der Waals surface area contributed by atoms with E-state index in [2.05, 4.69) is 10.0 Å². The van der Waals surface area contributed by atoms with Crippen LogP contribution in [0.15, 0.2) is 29.2 Å². The average molecular weight is 299 g/mol. The zero-order valence-corrected chi connectivity index (χ0v) is 13.5. The first-order valence-corrected chi connectivity index (χ1v) is 8.35. The van der Waals surface area contributed by atoms with Crippen LogP contribution in [0.5, 0.6) is 0 Å². The summed E-state index contributed by atoms with van der Waals surface area (Å²) < 4.78 is 27.4. The summed E-state index contributed by atoms with van der Waals surface area (Å²) in [4.78, 5) is 2.28. The topological polar surface area (TPSA) is 61.4 Å². The lowest BCUT2D eigenvalue weighted by atomic mass is 10.3. The minimum atomic E-state index is -3.49. The minimum Gasteiger partial charge on any atom is -0.384 e. The van der Waals surface area contributed by atoms with Crippen LogP contribution in [0.1, 0.15) is 20.3 Å². The lowest BCUT2D eigenvalue weighted by molar-refractivity contribution is 0.314. The average Bonchev–Trinajstić information content (AvgIpc) is 2.42. The van der Waals surface area contributed by atoms with Crippen molar-refractivity contribution in [3.63, 3.8) is 0 Å². The summed E-state index contributed by atoms with van der Waals surface area (Å²) in [5.41, 5.74) is 0.652. The Morgan fingerprint density at radius 2 is 1.90 bits per heavy atom. The van der Waals surface area contributed by atoms with Gasteiger partial charge in [-0.25, -0.2) is 13.1 Å². The second-order valence-electron chi connectivity index (χ2n) is 5.09. The maximum atomic E-state index is 12.4. The first-order valence-electron chi connectivity index (χ1n) is 6.87. The van der Waals surface area contributed by atoms with Crippen molar-refractivity contribution < 1.29 is 8.42 Å². The molecule has 1 aromatic rings. The molecule has 5 nitrogen and oxygen atoms in total. The van der Waals surface area contributed by atoms with Crippen molar-refractivity contribution >= 4 is 15.7 Å². The molecule has 6 heteroatoms. The number of hydrogen-bond donors (Lipinski definition) is 2. The van der Waals surface area contributed by atoms with Crippen molar-refractivity contribution in [3.8, 4) is 0 Å². The Bertz CT molecular complexity index is 515. The van der Waals surface area contributed by atoms with Gasteiger partial charge in [-0.2, -0.15) is 0 Å². The first kappa shape index (κ1) is 16.9. The van der Waals surface area contributed by atoms with E-state index in [0.717, 1.165) is 13.0 Å². The summed E-state index contributed by atoms with van der Waals surface area (Å²) in [6.07, 6.45) is 0.944. The van der Waals surface area contributed by atoms with E-state index in [1.54, 1.807) is 18.2 Å². The fourth-order valence-corrected chi connectivity index (χ4v) is 2.90. The largest absolute Gasteiger partial charge is 0.384 e. The maximum absolute atomic E-state index is 12.4. The van der Waals surface area contributed by atoms with Gasteiger partial charge in [-0.15, -0.1) is 0 Å². The SMILES string of the molecule is CCCNc1ccccc1S(=O)(=O)NCC(C)N(C)C. The van der Waals surface area contributed by atoms with Crippen molar-refractivity contribution in [2.75, 3.05) is 32.5 Å². The molecule has 0 aliphatic rings. The lowest BCUT2D eigenvalue weighted by Gasteiger charge is -2.20. The van der Waals surface area contributed by atoms with Gasteiger partial charge in [0, 0.05) is 19.1 Å². The van der Waals surface area contributed by atoms with Crippen molar-refractivity contribution in [3.05, 3.63) is 24.3 Å². The van der Waals surface area contributed by atoms with Crippen LogP contribution in [0.3, 0.4) is 0 Å². The molecule has 1 unspecified atom stereocenters. The van der Waals surface area contributed by atoms with Crippen LogP contribution < -0.4 is 10.0 Å². The van der Waals surface area contributed by atoms with Gasteiger partial charge in [0.05, 0.1) is 5.69 Å². The van der Waals surface area contributed by atoms with Crippen LogP contribution in [-0.2, 0) is 10.0 Å². The summed E-state index contributed by atoms with van der Waals surface area (Å²) in [5, 5.41) is 3.15. The molecule has 1 rings (SSSR count). The van der Waals surface area contributed by atoms with Gasteiger partial charge in [-0.3, -0.25) is 0 Å². The van der Waals surface area contributed by atoms with E-state index in [4.69, 9.17) is 0 Å². The summed E-state index contributed by atoms with van der Waals surface area (Å²) in [6.45, 7) is 5.16. The van der Waals surface area contributed by atoms with Crippen molar-refractivity contribution in [2.45, 2.75) is 31.2 Å². The van der Waals surface area contributed by atoms with Crippen molar-refractivity contribution in [1.29, 1.82) is 0 Å². The Hall–Kier alpha value is -1.11. The number of nitrogens with zero attached hydrogens (tertiary/aromatic N) is 1. The van der Waals surface area contributed by atoms with E-state index in [0.29, 0.717) is 17.1 Å². The second kappa shape index (κ2) is 7.61. The third-order valence-corrected chi connectivity index (χ3v) is 4.67. The summed E-state index contributed by atoms with van der Waals surface area (Å²) in [7, 11) is 0.364. The molecule has 2 N–H and O–H groups in total. The molecule has 0 saturated carbocycles. The van der Waals surface area contributed by atoms with Gasteiger partial charge in [0.2, 0.25) is 10.0 Å². The Morgan fingerprint density at radius 1 is 1.25 bits per heavy atom. The van der Waals surface area contributed by atoms with Gasteiger partial charge in [-0.1, -0.05) is 19.1 Å². The first-order chi connectivity index (χ1) is 9.38. The van der Waals surface area contributed by atoms with Gasteiger partial charge < -0.3 is 10.2 Å². The summed E-state index contributed by atoms with van der Waals surface area (Å²) in [5.74, 6) is 0. The van der Waals surface area contributed by atoms with Crippen molar-refractivity contribution in [1.82, 2.24) is 9.62 Å². The van der Waals surface area contributed by atoms with Gasteiger partial charge >= 0.3 is 0 Å². The second-order valence-corrected chi connectivity index (χ2v) is 6.82. The number of benzene rings is 1. The predicted octanol–water partition coefficient (Wildman–Crippen LogP) is 1.74. The molecule has 20 heavy (non-hydrogen) atoms. The normalized spacial score (nSPS) is 13.4. The number of para-hydroxylation sites is 1. The highest BCUT2D eigenvalue weighted by Crippen LogP contribution is 2.20. The van der Waals surface area contributed by atoms with Crippen LogP contribution >= 0.6 is 0 Å². The third-order valence-electron chi connectivity index (χ3n) is 3.19. The molecule has 0 spiro atoms. The van der Waals surface area contributed by atoms with Gasteiger partial charge in [0.15, 0.2) is 0 Å². The molecule has 0 aromatic heterocycles.